The first kappa shape index (κ1) is 26.5. The van der Waals surface area contributed by atoms with Gasteiger partial charge in [-0.2, -0.15) is 0 Å². The van der Waals surface area contributed by atoms with Crippen LogP contribution in [-0.4, -0.2) is 36.6 Å². The van der Waals surface area contributed by atoms with E-state index in [2.05, 4.69) is 52.7 Å². The van der Waals surface area contributed by atoms with Gasteiger partial charge in [-0.3, -0.25) is 9.69 Å². The van der Waals surface area contributed by atoms with E-state index in [9.17, 15) is 4.79 Å². The molecule has 2 aromatic rings. The number of nitrogens with two attached hydrogens (primary N) is 1. The lowest BCUT2D eigenvalue weighted by molar-refractivity contribution is -0.153. The van der Waals surface area contributed by atoms with Gasteiger partial charge in [0, 0.05) is 38.7 Å². The molecule has 0 radical (unpaired) electrons. The molecule has 2 saturated heterocycles. The molecule has 8 heteroatoms. The molecule has 31 heavy (non-hydrogen) atoms. The Morgan fingerprint density at radius 2 is 1.90 bits per heavy atom. The summed E-state index contributed by atoms with van der Waals surface area (Å²) in [6.07, 6.45) is 3.90. The number of esters is 1. The molecule has 2 heterocycles. The molecule has 4 rings (SSSR count). The lowest BCUT2D eigenvalue weighted by Crippen LogP contribution is -2.49. The summed E-state index contributed by atoms with van der Waals surface area (Å²) in [5.41, 5.74) is 8.98. The molecule has 0 amide bonds. The highest BCUT2D eigenvalue weighted by atomic mass is 127. The number of carbonyl (C=O) groups is 1. The van der Waals surface area contributed by atoms with Gasteiger partial charge in [0.25, 0.3) is 0 Å². The van der Waals surface area contributed by atoms with E-state index in [-0.39, 0.29) is 48.7 Å². The van der Waals surface area contributed by atoms with Crippen LogP contribution in [0.3, 0.4) is 0 Å². The molecule has 170 valence electrons. The summed E-state index contributed by atoms with van der Waals surface area (Å²) in [7, 11) is 2.15. The van der Waals surface area contributed by atoms with Gasteiger partial charge in [0.2, 0.25) is 0 Å². The highest BCUT2D eigenvalue weighted by Gasteiger charge is 2.49. The van der Waals surface area contributed by atoms with Crippen molar-refractivity contribution >= 4 is 70.7 Å². The first-order chi connectivity index (χ1) is 13.9. The number of hydrogen-bond acceptors (Lipinski definition) is 4. The maximum absolute atomic E-state index is 13.2. The molecule has 2 aliphatic rings. The van der Waals surface area contributed by atoms with Crippen molar-refractivity contribution in [1.29, 1.82) is 0 Å². The lowest BCUT2D eigenvalue weighted by Gasteiger charge is -2.42. The van der Waals surface area contributed by atoms with Gasteiger partial charge in [-0.25, -0.2) is 0 Å². The molecule has 2 bridgehead atoms. The average molecular weight is 598 g/mol. The van der Waals surface area contributed by atoms with E-state index in [1.807, 2.05) is 24.3 Å². The Balaban J connectivity index is 0.00000171. The zero-order chi connectivity index (χ0) is 20.5. The molecule has 2 aliphatic heterocycles. The van der Waals surface area contributed by atoms with Crippen molar-refractivity contribution in [1.82, 2.24) is 4.90 Å². The Labute approximate surface area is 215 Å². The van der Waals surface area contributed by atoms with Crippen molar-refractivity contribution in [3.63, 3.8) is 0 Å². The number of piperidine rings is 1. The lowest BCUT2D eigenvalue weighted by atomic mass is 9.76. The molecule has 4 nitrogen and oxygen atoms in total. The van der Waals surface area contributed by atoms with Crippen molar-refractivity contribution in [2.75, 3.05) is 19.4 Å². The number of ether oxygens (including phenoxy) is 1. The van der Waals surface area contributed by atoms with Gasteiger partial charge < -0.3 is 10.5 Å². The van der Waals surface area contributed by atoms with Crippen LogP contribution in [0.4, 0.5) is 5.69 Å². The molecular weight excluding hydrogens is 570 g/mol. The van der Waals surface area contributed by atoms with E-state index in [1.165, 1.54) is 5.56 Å². The SMILES string of the molecule is CN1C2CCC1C(C(=O)OCCc1ccc(N)c(I)c1)C(c1ccc(Cl)cc1)C2.Cl.Cl. The molecule has 4 unspecified atom stereocenters. The van der Waals surface area contributed by atoms with Gasteiger partial charge in [-0.05, 0) is 84.3 Å². The molecular formula is C23H28Cl3IN2O2. The Bertz CT molecular complexity index is 897. The van der Waals surface area contributed by atoms with Crippen LogP contribution in [0.25, 0.3) is 0 Å². The van der Waals surface area contributed by atoms with Crippen molar-refractivity contribution < 1.29 is 9.53 Å². The van der Waals surface area contributed by atoms with Crippen LogP contribution in [0.1, 0.15) is 36.3 Å². The Kier molecular flexibility index (Phi) is 9.77. The highest BCUT2D eigenvalue weighted by Crippen LogP contribution is 2.46. The summed E-state index contributed by atoms with van der Waals surface area (Å²) < 4.78 is 6.83. The van der Waals surface area contributed by atoms with E-state index >= 15 is 0 Å². The number of halogens is 4. The average Bonchev–Trinajstić information content (AvgIpc) is 2.93. The van der Waals surface area contributed by atoms with Gasteiger partial charge in [-0.15, -0.1) is 24.8 Å². The standard InChI is InChI=1S/C23H26ClIN2O2.2ClH/c1-27-17-7-9-21(27)22(18(13-17)15-3-5-16(24)6-4-15)23(28)29-11-10-14-2-8-20(26)19(25)12-14;;/h2-6,8,12,17-18,21-22H,7,9-11,13,26H2,1H3;2*1H. The van der Waals surface area contributed by atoms with Crippen LogP contribution in [0.2, 0.25) is 5.02 Å². The Morgan fingerprint density at radius 3 is 2.58 bits per heavy atom. The van der Waals surface area contributed by atoms with Crippen LogP contribution >= 0.6 is 59.0 Å². The maximum Gasteiger partial charge on any atom is 0.311 e. The third-order valence-electron chi connectivity index (χ3n) is 6.54. The summed E-state index contributed by atoms with van der Waals surface area (Å²) in [5, 5.41) is 0.724. The minimum absolute atomic E-state index is 0. The van der Waals surface area contributed by atoms with Crippen molar-refractivity contribution in [3.05, 3.63) is 62.2 Å². The maximum atomic E-state index is 13.2. The summed E-state index contributed by atoms with van der Waals surface area (Å²) in [4.78, 5) is 15.6. The van der Waals surface area contributed by atoms with Gasteiger partial charge in [0.15, 0.2) is 0 Å². The molecule has 0 spiro atoms. The monoisotopic (exact) mass is 596 g/mol. The number of nitrogens with zero attached hydrogens (tertiary/aromatic N) is 1. The normalized spacial score (nSPS) is 24.7. The topological polar surface area (TPSA) is 55.6 Å². The van der Waals surface area contributed by atoms with E-state index in [0.717, 1.165) is 39.1 Å². The van der Waals surface area contributed by atoms with E-state index < -0.39 is 0 Å². The molecule has 2 N–H and O–H groups in total. The Morgan fingerprint density at radius 1 is 1.19 bits per heavy atom. The minimum atomic E-state index is -0.133. The largest absolute Gasteiger partial charge is 0.465 e. The number of rotatable bonds is 5. The van der Waals surface area contributed by atoms with Crippen LogP contribution in [-0.2, 0) is 16.0 Å². The second kappa shape index (κ2) is 11.4. The molecule has 4 atom stereocenters. The predicted molar refractivity (Wildman–Crippen MR) is 140 cm³/mol. The fraction of sp³-hybridized carbons (Fsp3) is 0.435. The summed E-state index contributed by atoms with van der Waals surface area (Å²) in [6, 6.07) is 14.7. The quantitative estimate of drug-likeness (QED) is 0.272. The molecule has 2 aromatic carbocycles. The van der Waals surface area contributed by atoms with E-state index in [0.29, 0.717) is 19.1 Å². The number of benzene rings is 2. The number of carbonyl (C=O) groups excluding carboxylic acids is 1. The number of nitrogen functional groups attached to an aromatic ring is 1. The van der Waals surface area contributed by atoms with Gasteiger partial charge in [0.05, 0.1) is 12.5 Å². The Hall–Kier alpha value is -0.730. The summed E-state index contributed by atoms with van der Waals surface area (Å²) in [6.45, 7) is 0.391. The van der Waals surface area contributed by atoms with E-state index in [4.69, 9.17) is 22.1 Å². The van der Waals surface area contributed by atoms with Crippen LogP contribution in [0.5, 0.6) is 0 Å². The molecule has 0 aliphatic carbocycles. The molecule has 0 aromatic heterocycles. The van der Waals surface area contributed by atoms with Crippen LogP contribution < -0.4 is 5.73 Å². The fourth-order valence-electron chi connectivity index (χ4n) is 4.93. The molecule has 0 saturated carbocycles. The van der Waals surface area contributed by atoms with Crippen LogP contribution in [0, 0.1) is 9.49 Å². The second-order valence-corrected chi connectivity index (χ2v) is 9.76. The highest BCUT2D eigenvalue weighted by molar-refractivity contribution is 14.1. The van der Waals surface area contributed by atoms with Crippen molar-refractivity contribution in [2.45, 2.75) is 43.7 Å². The zero-order valence-electron chi connectivity index (χ0n) is 17.3. The second-order valence-electron chi connectivity index (χ2n) is 8.16. The minimum Gasteiger partial charge on any atom is -0.465 e. The number of anilines is 1. The smallest absolute Gasteiger partial charge is 0.311 e. The summed E-state index contributed by atoms with van der Waals surface area (Å²) in [5.74, 6) is -0.0234. The first-order valence-corrected chi connectivity index (χ1v) is 11.6. The van der Waals surface area contributed by atoms with Gasteiger partial charge in [-0.1, -0.05) is 29.8 Å². The van der Waals surface area contributed by atoms with Crippen LogP contribution in [0.15, 0.2) is 42.5 Å². The molecule has 2 fully saturated rings. The first-order valence-electron chi connectivity index (χ1n) is 10.1. The third-order valence-corrected chi connectivity index (χ3v) is 7.73. The third kappa shape index (κ3) is 5.80. The van der Waals surface area contributed by atoms with Crippen molar-refractivity contribution in [3.8, 4) is 0 Å². The van der Waals surface area contributed by atoms with E-state index in [1.54, 1.807) is 0 Å². The number of hydrogen-bond donors (Lipinski definition) is 1. The zero-order valence-corrected chi connectivity index (χ0v) is 21.8. The van der Waals surface area contributed by atoms with Gasteiger partial charge >= 0.3 is 5.97 Å². The van der Waals surface area contributed by atoms with Crippen molar-refractivity contribution in [2.24, 2.45) is 5.92 Å². The van der Waals surface area contributed by atoms with Gasteiger partial charge in [0.1, 0.15) is 0 Å². The summed E-state index contributed by atoms with van der Waals surface area (Å²) >= 11 is 8.31. The fourth-order valence-corrected chi connectivity index (χ4v) is 5.64. The predicted octanol–water partition coefficient (Wildman–Crippen LogP) is 5.72. The number of fused-ring (bicyclic) bond motifs is 2.